The van der Waals surface area contributed by atoms with E-state index in [0.29, 0.717) is 11.5 Å². The van der Waals surface area contributed by atoms with E-state index in [9.17, 15) is 8.42 Å². The first-order valence-electron chi connectivity index (χ1n) is 4.15. The molecule has 0 aromatic rings. The van der Waals surface area contributed by atoms with Crippen molar-refractivity contribution in [2.75, 3.05) is 5.75 Å². The summed E-state index contributed by atoms with van der Waals surface area (Å²) in [6, 6.07) is 0. The van der Waals surface area contributed by atoms with Crippen molar-refractivity contribution < 1.29 is 8.42 Å². The predicted molar refractivity (Wildman–Crippen MR) is 51.0 cm³/mol. The van der Waals surface area contributed by atoms with Crippen LogP contribution in [-0.4, -0.2) is 19.4 Å². The summed E-state index contributed by atoms with van der Waals surface area (Å²) in [4.78, 5) is 0. The lowest BCUT2D eigenvalue weighted by molar-refractivity contribution is 0.585. The second kappa shape index (κ2) is 3.79. The van der Waals surface area contributed by atoms with Gasteiger partial charge in [0, 0.05) is 5.03 Å². The van der Waals surface area contributed by atoms with Crippen molar-refractivity contribution in [1.29, 1.82) is 0 Å². The van der Waals surface area contributed by atoms with Crippen LogP contribution in [0.15, 0.2) is 11.1 Å². The zero-order valence-corrected chi connectivity index (χ0v) is 8.66. The van der Waals surface area contributed by atoms with Gasteiger partial charge in [-0.3, -0.25) is 0 Å². The van der Waals surface area contributed by atoms with E-state index in [2.05, 4.69) is 0 Å². The Labute approximate surface area is 78.5 Å². The van der Waals surface area contributed by atoms with E-state index >= 15 is 0 Å². The molecule has 0 amide bonds. The van der Waals surface area contributed by atoms with E-state index in [1.54, 1.807) is 6.08 Å². The standard InChI is InChI=1S/C8H13ClO2S/c1-2-3-4-8-7(9)5-6-12(8,10)11/h5,8H,2-4,6H2,1H3. The molecule has 0 aromatic heterocycles. The van der Waals surface area contributed by atoms with E-state index in [1.807, 2.05) is 6.92 Å². The second-order valence-corrected chi connectivity index (χ2v) is 5.71. The number of rotatable bonds is 3. The molecule has 0 spiro atoms. The SMILES string of the molecule is CCCCC1C(Cl)=CCS1(=O)=O. The average Bonchev–Trinajstić information content (AvgIpc) is 2.24. The first-order chi connectivity index (χ1) is 5.58. The van der Waals surface area contributed by atoms with E-state index in [4.69, 9.17) is 11.6 Å². The van der Waals surface area contributed by atoms with Gasteiger partial charge in [0.25, 0.3) is 0 Å². The van der Waals surface area contributed by atoms with Crippen molar-refractivity contribution >= 4 is 21.4 Å². The van der Waals surface area contributed by atoms with Crippen molar-refractivity contribution in [3.05, 3.63) is 11.1 Å². The molecular weight excluding hydrogens is 196 g/mol. The Kier molecular flexibility index (Phi) is 3.18. The molecule has 1 atom stereocenters. The Morgan fingerprint density at radius 1 is 1.67 bits per heavy atom. The second-order valence-electron chi connectivity index (χ2n) is 3.05. The number of sulfone groups is 1. The van der Waals surface area contributed by atoms with Crippen LogP contribution in [0.25, 0.3) is 0 Å². The van der Waals surface area contributed by atoms with Gasteiger partial charge in [0.1, 0.15) is 0 Å². The van der Waals surface area contributed by atoms with Crippen molar-refractivity contribution in [1.82, 2.24) is 0 Å². The van der Waals surface area contributed by atoms with Crippen LogP contribution >= 0.6 is 11.6 Å². The summed E-state index contributed by atoms with van der Waals surface area (Å²) in [5.41, 5.74) is 0. The number of hydrogen-bond acceptors (Lipinski definition) is 2. The van der Waals surface area contributed by atoms with Gasteiger partial charge in [-0.2, -0.15) is 0 Å². The lowest BCUT2D eigenvalue weighted by Crippen LogP contribution is -2.17. The summed E-state index contributed by atoms with van der Waals surface area (Å²) in [5.74, 6) is 0.125. The van der Waals surface area contributed by atoms with Crippen molar-refractivity contribution in [3.8, 4) is 0 Å². The summed E-state index contributed by atoms with van der Waals surface area (Å²) in [6.07, 6.45) is 4.22. The summed E-state index contributed by atoms with van der Waals surface area (Å²) < 4.78 is 22.7. The van der Waals surface area contributed by atoms with E-state index in [-0.39, 0.29) is 5.75 Å². The third-order valence-corrected chi connectivity index (χ3v) is 4.61. The molecule has 2 nitrogen and oxygen atoms in total. The van der Waals surface area contributed by atoms with Crippen LogP contribution in [0.2, 0.25) is 0 Å². The number of hydrogen-bond donors (Lipinski definition) is 0. The van der Waals surface area contributed by atoms with E-state index < -0.39 is 15.1 Å². The zero-order valence-electron chi connectivity index (χ0n) is 7.09. The fraction of sp³-hybridized carbons (Fsp3) is 0.750. The van der Waals surface area contributed by atoms with Crippen molar-refractivity contribution in [3.63, 3.8) is 0 Å². The molecule has 1 aliphatic rings. The summed E-state index contributed by atoms with van der Waals surface area (Å²) in [5, 5.41) is 0.113. The quantitative estimate of drug-likeness (QED) is 0.712. The summed E-state index contributed by atoms with van der Waals surface area (Å²) >= 11 is 5.78. The molecule has 1 unspecified atom stereocenters. The Bertz CT molecular complexity index is 279. The van der Waals surface area contributed by atoms with Crippen LogP contribution in [0.5, 0.6) is 0 Å². The van der Waals surface area contributed by atoms with E-state index in [1.165, 1.54) is 0 Å². The fourth-order valence-electron chi connectivity index (χ4n) is 1.32. The first kappa shape index (κ1) is 10.1. The monoisotopic (exact) mass is 208 g/mol. The summed E-state index contributed by atoms with van der Waals surface area (Å²) in [6.45, 7) is 2.04. The highest BCUT2D eigenvalue weighted by Gasteiger charge is 2.31. The molecule has 0 saturated heterocycles. The number of halogens is 1. The highest BCUT2D eigenvalue weighted by Crippen LogP contribution is 2.28. The average molecular weight is 209 g/mol. The molecule has 0 fully saturated rings. The van der Waals surface area contributed by atoms with Gasteiger partial charge in [0.2, 0.25) is 0 Å². The largest absolute Gasteiger partial charge is 0.228 e. The molecule has 0 aromatic carbocycles. The van der Waals surface area contributed by atoms with Crippen LogP contribution < -0.4 is 0 Å². The molecule has 0 bridgehead atoms. The molecule has 0 aliphatic carbocycles. The topological polar surface area (TPSA) is 34.1 Å². The Morgan fingerprint density at radius 2 is 2.33 bits per heavy atom. The Balaban J connectivity index is 2.66. The molecule has 70 valence electrons. The van der Waals surface area contributed by atoms with Crippen LogP contribution in [0, 0.1) is 0 Å². The Hall–Kier alpha value is -0.0200. The minimum atomic E-state index is -2.93. The first-order valence-corrected chi connectivity index (χ1v) is 6.24. The smallest absolute Gasteiger partial charge is 0.161 e. The van der Waals surface area contributed by atoms with Gasteiger partial charge in [-0.05, 0) is 6.42 Å². The third kappa shape index (κ3) is 2.02. The highest BCUT2D eigenvalue weighted by molar-refractivity contribution is 7.92. The minimum Gasteiger partial charge on any atom is -0.228 e. The van der Waals surface area contributed by atoms with E-state index in [0.717, 1.165) is 12.8 Å². The molecule has 0 saturated carbocycles. The van der Waals surface area contributed by atoms with Crippen molar-refractivity contribution in [2.45, 2.75) is 31.4 Å². The van der Waals surface area contributed by atoms with Crippen molar-refractivity contribution in [2.24, 2.45) is 0 Å². The van der Waals surface area contributed by atoms with Crippen LogP contribution in [0.4, 0.5) is 0 Å². The molecule has 12 heavy (non-hydrogen) atoms. The number of unbranched alkanes of at least 4 members (excludes halogenated alkanes) is 1. The van der Waals surface area contributed by atoms with Gasteiger partial charge in [0.15, 0.2) is 9.84 Å². The van der Waals surface area contributed by atoms with Crippen LogP contribution in [0.1, 0.15) is 26.2 Å². The maximum atomic E-state index is 11.3. The molecule has 1 heterocycles. The van der Waals surface area contributed by atoms with Gasteiger partial charge < -0.3 is 0 Å². The normalized spacial score (nSPS) is 27.2. The van der Waals surface area contributed by atoms with Gasteiger partial charge in [-0.25, -0.2) is 8.42 Å². The van der Waals surface area contributed by atoms with Crippen LogP contribution in [0.3, 0.4) is 0 Å². The van der Waals surface area contributed by atoms with Gasteiger partial charge in [-0.15, -0.1) is 0 Å². The summed E-state index contributed by atoms with van der Waals surface area (Å²) in [7, 11) is -2.93. The molecule has 4 heteroatoms. The maximum absolute atomic E-state index is 11.3. The molecular formula is C8H13ClO2S. The molecule has 0 N–H and O–H groups in total. The van der Waals surface area contributed by atoms with Crippen LogP contribution in [-0.2, 0) is 9.84 Å². The van der Waals surface area contributed by atoms with Gasteiger partial charge >= 0.3 is 0 Å². The highest BCUT2D eigenvalue weighted by atomic mass is 35.5. The molecule has 1 aliphatic heterocycles. The fourth-order valence-corrected chi connectivity index (χ4v) is 3.62. The predicted octanol–water partition coefficient (Wildman–Crippen LogP) is 2.10. The molecule has 0 radical (unpaired) electrons. The lowest BCUT2D eigenvalue weighted by Gasteiger charge is -2.08. The lowest BCUT2D eigenvalue weighted by atomic mass is 10.2. The maximum Gasteiger partial charge on any atom is 0.161 e. The third-order valence-electron chi connectivity index (χ3n) is 2.07. The zero-order chi connectivity index (χ0) is 9.19. The minimum absolute atomic E-state index is 0.125. The van der Waals surface area contributed by atoms with Gasteiger partial charge in [0.05, 0.1) is 11.0 Å². The molecule has 1 rings (SSSR count). The van der Waals surface area contributed by atoms with Gasteiger partial charge in [-0.1, -0.05) is 37.4 Å². The Morgan fingerprint density at radius 3 is 2.75 bits per heavy atom.